The first-order valence-electron chi connectivity index (χ1n) is 9.44. The zero-order valence-electron chi connectivity index (χ0n) is 15.8. The highest BCUT2D eigenvalue weighted by Gasteiger charge is 2.25. The van der Waals surface area contributed by atoms with Crippen LogP contribution in [-0.2, 0) is 9.59 Å². The number of rotatable bonds is 6. The van der Waals surface area contributed by atoms with Crippen molar-refractivity contribution in [1.29, 1.82) is 0 Å². The van der Waals surface area contributed by atoms with Gasteiger partial charge < -0.3 is 20.1 Å². The number of hydrogen-bond donors (Lipinski definition) is 2. The second kappa shape index (κ2) is 9.16. The molecule has 1 aromatic heterocycles. The molecule has 0 saturated carbocycles. The number of likely N-dealkylation sites (tertiary alicyclic amines) is 1. The second-order valence-electron chi connectivity index (χ2n) is 6.73. The predicted molar refractivity (Wildman–Crippen MR) is 102 cm³/mol. The van der Waals surface area contributed by atoms with Crippen LogP contribution < -0.4 is 10.6 Å². The van der Waals surface area contributed by atoms with Crippen LogP contribution in [0.4, 0.5) is 0 Å². The van der Waals surface area contributed by atoms with E-state index in [1.54, 1.807) is 17.9 Å². The van der Waals surface area contributed by atoms with E-state index in [1.807, 2.05) is 30.3 Å². The summed E-state index contributed by atoms with van der Waals surface area (Å²) < 4.78 is 5.21. The molecule has 1 unspecified atom stereocenters. The van der Waals surface area contributed by atoms with Crippen LogP contribution in [-0.4, -0.2) is 53.5 Å². The van der Waals surface area contributed by atoms with Gasteiger partial charge in [-0.25, -0.2) is 0 Å². The van der Waals surface area contributed by atoms with Gasteiger partial charge in [-0.05, 0) is 12.8 Å². The summed E-state index contributed by atoms with van der Waals surface area (Å²) in [5, 5.41) is 9.29. The second-order valence-corrected chi connectivity index (χ2v) is 6.73. The first-order valence-corrected chi connectivity index (χ1v) is 9.44. The minimum absolute atomic E-state index is 0.0205. The van der Waals surface area contributed by atoms with E-state index in [2.05, 4.69) is 15.8 Å². The molecule has 0 radical (unpaired) electrons. The van der Waals surface area contributed by atoms with Gasteiger partial charge in [-0.3, -0.25) is 14.4 Å². The standard InChI is InChI=1S/C20H24N4O4/c1-2-18(25)22-15-9-6-10-24(13-15)19(26)12-21-20(27)16-11-17(28-23-16)14-7-4-3-5-8-14/h3-5,7-8,11,15H,2,6,9-10,12-13H2,1H3,(H,21,27)(H,22,25). The van der Waals surface area contributed by atoms with E-state index in [4.69, 9.17) is 4.52 Å². The summed E-state index contributed by atoms with van der Waals surface area (Å²) in [6, 6.07) is 10.8. The molecule has 2 aromatic rings. The largest absolute Gasteiger partial charge is 0.355 e. The maximum Gasteiger partial charge on any atom is 0.273 e. The fourth-order valence-electron chi connectivity index (χ4n) is 3.13. The number of nitrogens with one attached hydrogen (secondary N) is 2. The maximum absolute atomic E-state index is 12.4. The molecular weight excluding hydrogens is 360 g/mol. The Morgan fingerprint density at radius 1 is 1.25 bits per heavy atom. The van der Waals surface area contributed by atoms with Crippen molar-refractivity contribution >= 4 is 17.7 Å². The van der Waals surface area contributed by atoms with Crippen LogP contribution in [0.25, 0.3) is 11.3 Å². The first-order chi connectivity index (χ1) is 13.6. The summed E-state index contributed by atoms with van der Waals surface area (Å²) in [4.78, 5) is 37.9. The van der Waals surface area contributed by atoms with Crippen LogP contribution >= 0.6 is 0 Å². The van der Waals surface area contributed by atoms with Crippen molar-refractivity contribution in [3.63, 3.8) is 0 Å². The molecule has 148 valence electrons. The van der Waals surface area contributed by atoms with Gasteiger partial charge in [-0.1, -0.05) is 42.4 Å². The highest BCUT2D eigenvalue weighted by Crippen LogP contribution is 2.19. The summed E-state index contributed by atoms with van der Waals surface area (Å²) in [5.74, 6) is -0.182. The number of amides is 3. The van der Waals surface area contributed by atoms with Crippen LogP contribution in [0.3, 0.4) is 0 Å². The monoisotopic (exact) mass is 384 g/mol. The van der Waals surface area contributed by atoms with Gasteiger partial charge in [0.05, 0.1) is 6.54 Å². The summed E-state index contributed by atoms with van der Waals surface area (Å²) >= 11 is 0. The molecule has 8 heteroatoms. The van der Waals surface area contributed by atoms with Crippen molar-refractivity contribution in [2.24, 2.45) is 0 Å². The molecule has 28 heavy (non-hydrogen) atoms. The first kappa shape index (κ1) is 19.6. The van der Waals surface area contributed by atoms with E-state index < -0.39 is 5.91 Å². The highest BCUT2D eigenvalue weighted by molar-refractivity contribution is 5.95. The number of nitrogens with zero attached hydrogens (tertiary/aromatic N) is 2. The van der Waals surface area contributed by atoms with Crippen molar-refractivity contribution in [3.05, 3.63) is 42.1 Å². The molecule has 1 saturated heterocycles. The summed E-state index contributed by atoms with van der Waals surface area (Å²) in [7, 11) is 0. The van der Waals surface area contributed by atoms with Crippen LogP contribution in [0.15, 0.2) is 40.9 Å². The molecule has 0 spiro atoms. The Balaban J connectivity index is 1.51. The minimum atomic E-state index is -0.466. The summed E-state index contributed by atoms with van der Waals surface area (Å²) in [6.07, 6.45) is 2.09. The smallest absolute Gasteiger partial charge is 0.273 e. The van der Waals surface area contributed by atoms with Crippen LogP contribution in [0.2, 0.25) is 0 Å². The van der Waals surface area contributed by atoms with Crippen molar-refractivity contribution in [2.45, 2.75) is 32.2 Å². The van der Waals surface area contributed by atoms with Gasteiger partial charge in [0.15, 0.2) is 11.5 Å². The molecule has 1 fully saturated rings. The zero-order valence-corrected chi connectivity index (χ0v) is 15.8. The van der Waals surface area contributed by atoms with E-state index in [0.717, 1.165) is 18.4 Å². The maximum atomic E-state index is 12.4. The van der Waals surface area contributed by atoms with Gasteiger partial charge in [-0.2, -0.15) is 0 Å². The lowest BCUT2D eigenvalue weighted by atomic mass is 10.1. The van der Waals surface area contributed by atoms with Crippen LogP contribution in [0.1, 0.15) is 36.7 Å². The topological polar surface area (TPSA) is 105 Å². The van der Waals surface area contributed by atoms with Gasteiger partial charge in [0.2, 0.25) is 11.8 Å². The number of piperidine rings is 1. The van der Waals surface area contributed by atoms with Gasteiger partial charge in [0.25, 0.3) is 5.91 Å². The Hall–Kier alpha value is -3.16. The van der Waals surface area contributed by atoms with Gasteiger partial charge in [0, 0.05) is 37.2 Å². The molecule has 1 aliphatic rings. The van der Waals surface area contributed by atoms with Crippen molar-refractivity contribution in [1.82, 2.24) is 20.7 Å². The third kappa shape index (κ3) is 4.97. The number of aromatic nitrogens is 1. The van der Waals surface area contributed by atoms with Crippen molar-refractivity contribution in [2.75, 3.05) is 19.6 Å². The van der Waals surface area contributed by atoms with Gasteiger partial charge >= 0.3 is 0 Å². The molecule has 0 bridgehead atoms. The Kier molecular flexibility index (Phi) is 6.41. The SMILES string of the molecule is CCC(=O)NC1CCCN(C(=O)CNC(=O)c2cc(-c3ccccc3)on2)C1. The van der Waals surface area contributed by atoms with Crippen LogP contribution in [0, 0.1) is 0 Å². The molecule has 0 aliphatic carbocycles. The summed E-state index contributed by atoms with van der Waals surface area (Å²) in [6.45, 7) is 2.75. The molecule has 3 amide bonds. The zero-order chi connectivity index (χ0) is 19.9. The number of carbonyl (C=O) groups excluding carboxylic acids is 3. The lowest BCUT2D eigenvalue weighted by molar-refractivity contribution is -0.132. The molecule has 1 aliphatic heterocycles. The lowest BCUT2D eigenvalue weighted by Crippen LogP contribution is -2.51. The lowest BCUT2D eigenvalue weighted by Gasteiger charge is -2.33. The molecule has 2 N–H and O–H groups in total. The number of hydrogen-bond acceptors (Lipinski definition) is 5. The van der Waals surface area contributed by atoms with Gasteiger partial charge in [0.1, 0.15) is 0 Å². The van der Waals surface area contributed by atoms with E-state index in [9.17, 15) is 14.4 Å². The van der Waals surface area contributed by atoms with Crippen LogP contribution in [0.5, 0.6) is 0 Å². The molecule has 1 atom stereocenters. The number of carbonyl (C=O) groups is 3. The van der Waals surface area contributed by atoms with Gasteiger partial charge in [-0.15, -0.1) is 0 Å². The molecular formula is C20H24N4O4. The molecule has 2 heterocycles. The van der Waals surface area contributed by atoms with E-state index in [0.29, 0.717) is 25.3 Å². The Bertz CT molecular complexity index is 834. The number of benzene rings is 1. The quantitative estimate of drug-likeness (QED) is 0.787. The van der Waals surface area contributed by atoms with E-state index in [-0.39, 0.29) is 30.1 Å². The van der Waals surface area contributed by atoms with Crippen molar-refractivity contribution in [3.8, 4) is 11.3 Å². The minimum Gasteiger partial charge on any atom is -0.355 e. The highest BCUT2D eigenvalue weighted by atomic mass is 16.5. The molecule has 3 rings (SSSR count). The molecule has 1 aromatic carbocycles. The van der Waals surface area contributed by atoms with E-state index >= 15 is 0 Å². The fraction of sp³-hybridized carbons (Fsp3) is 0.400. The molecule has 8 nitrogen and oxygen atoms in total. The predicted octanol–water partition coefficient (Wildman–Crippen LogP) is 1.59. The normalized spacial score (nSPS) is 16.5. The van der Waals surface area contributed by atoms with Crippen molar-refractivity contribution < 1.29 is 18.9 Å². The third-order valence-corrected chi connectivity index (χ3v) is 4.66. The Labute approximate surface area is 163 Å². The Morgan fingerprint density at radius 2 is 2.04 bits per heavy atom. The average molecular weight is 384 g/mol. The van der Waals surface area contributed by atoms with E-state index in [1.165, 1.54) is 0 Å². The Morgan fingerprint density at radius 3 is 2.79 bits per heavy atom. The summed E-state index contributed by atoms with van der Waals surface area (Å²) in [5.41, 5.74) is 0.942. The third-order valence-electron chi connectivity index (χ3n) is 4.66. The average Bonchev–Trinajstić information content (AvgIpc) is 3.23. The fourth-order valence-corrected chi connectivity index (χ4v) is 3.13.